The summed E-state index contributed by atoms with van der Waals surface area (Å²) >= 11 is 0. The number of hydrogen-bond acceptors (Lipinski definition) is 3. The molecule has 0 radical (unpaired) electrons. The third-order valence-corrected chi connectivity index (χ3v) is 3.97. The predicted octanol–water partition coefficient (Wildman–Crippen LogP) is 0.200. The molecular formula is C15H18FN2O3+. The Hall–Kier alpha value is -1.79. The lowest BCUT2D eigenvalue weighted by atomic mass is 10.2. The maximum absolute atomic E-state index is 12.9. The van der Waals surface area contributed by atoms with Gasteiger partial charge in [-0.1, -0.05) is 0 Å². The molecule has 2 fully saturated rings. The number of quaternary nitrogens is 1. The van der Waals surface area contributed by atoms with Gasteiger partial charge < -0.3 is 10.1 Å². The van der Waals surface area contributed by atoms with Crippen molar-refractivity contribution in [3.63, 3.8) is 0 Å². The fourth-order valence-corrected chi connectivity index (χ4v) is 2.85. The number of nitrogens with zero attached hydrogens (tertiary/aromatic N) is 1. The van der Waals surface area contributed by atoms with Crippen LogP contribution in [0, 0.1) is 5.82 Å². The van der Waals surface area contributed by atoms with Gasteiger partial charge in [-0.25, -0.2) is 9.29 Å². The highest BCUT2D eigenvalue weighted by molar-refractivity contribution is 6.21. The number of halogens is 1. The van der Waals surface area contributed by atoms with E-state index in [0.717, 1.165) is 24.3 Å². The molecule has 21 heavy (non-hydrogen) atoms. The van der Waals surface area contributed by atoms with Crippen LogP contribution in [0.1, 0.15) is 19.3 Å². The van der Waals surface area contributed by atoms with Gasteiger partial charge >= 0.3 is 0 Å². The summed E-state index contributed by atoms with van der Waals surface area (Å²) in [5.41, 5.74) is 0.430. The van der Waals surface area contributed by atoms with Gasteiger partial charge in [0.05, 0.1) is 12.1 Å². The summed E-state index contributed by atoms with van der Waals surface area (Å²) in [6.07, 6.45) is 2.42. The normalized spacial score (nSPS) is 25.9. The van der Waals surface area contributed by atoms with E-state index in [1.54, 1.807) is 0 Å². The topological polar surface area (TPSA) is 63.2 Å². The summed E-state index contributed by atoms with van der Waals surface area (Å²) in [7, 11) is 0. The Morgan fingerprint density at radius 1 is 1.29 bits per heavy atom. The number of benzene rings is 1. The molecule has 2 N–H and O–H groups in total. The molecule has 0 bridgehead atoms. The zero-order valence-electron chi connectivity index (χ0n) is 11.6. The lowest BCUT2D eigenvalue weighted by Crippen LogP contribution is -2.93. The van der Waals surface area contributed by atoms with E-state index >= 15 is 0 Å². The van der Waals surface area contributed by atoms with E-state index in [0.29, 0.717) is 12.2 Å². The number of carbonyl (C=O) groups is 2. The van der Waals surface area contributed by atoms with E-state index in [9.17, 15) is 14.0 Å². The summed E-state index contributed by atoms with van der Waals surface area (Å²) in [5.74, 6) is -0.857. The second-order valence-corrected chi connectivity index (χ2v) is 5.46. The Bertz CT molecular complexity index is 540. The second-order valence-electron chi connectivity index (χ2n) is 5.46. The standard InChI is InChI=1S/C15H17FN2O3/c16-10-3-5-11(6-4-10)18-14(19)8-13(15(18)20)17-9-12-2-1-7-21-12/h3-6,12-13,17H,1-2,7-9H2/p+1/t12-,13-/m0/s1. The molecule has 0 spiro atoms. The van der Waals surface area contributed by atoms with Gasteiger partial charge in [0.2, 0.25) is 5.91 Å². The number of hydrogen-bond donors (Lipinski definition) is 1. The van der Waals surface area contributed by atoms with E-state index in [-0.39, 0.29) is 30.2 Å². The van der Waals surface area contributed by atoms with E-state index in [2.05, 4.69) is 0 Å². The van der Waals surface area contributed by atoms with Crippen molar-refractivity contribution in [3.05, 3.63) is 30.1 Å². The van der Waals surface area contributed by atoms with Gasteiger partial charge in [0.15, 0.2) is 6.04 Å². The van der Waals surface area contributed by atoms with Gasteiger partial charge in [0, 0.05) is 6.61 Å². The molecule has 0 saturated carbocycles. The maximum atomic E-state index is 12.9. The monoisotopic (exact) mass is 293 g/mol. The maximum Gasteiger partial charge on any atom is 0.292 e. The van der Waals surface area contributed by atoms with Crippen molar-refractivity contribution in [2.45, 2.75) is 31.4 Å². The lowest BCUT2D eigenvalue weighted by molar-refractivity contribution is -0.680. The van der Waals surface area contributed by atoms with Crippen molar-refractivity contribution < 1.29 is 24.0 Å². The molecule has 112 valence electrons. The van der Waals surface area contributed by atoms with Crippen LogP contribution in [0.5, 0.6) is 0 Å². The summed E-state index contributed by atoms with van der Waals surface area (Å²) < 4.78 is 18.4. The van der Waals surface area contributed by atoms with E-state index < -0.39 is 6.04 Å². The molecule has 2 saturated heterocycles. The Kier molecular flexibility index (Phi) is 3.98. The number of rotatable bonds is 4. The number of amides is 2. The largest absolute Gasteiger partial charge is 0.372 e. The molecule has 1 aromatic rings. The van der Waals surface area contributed by atoms with Gasteiger partial charge in [-0.05, 0) is 37.1 Å². The van der Waals surface area contributed by atoms with Crippen LogP contribution in [0.4, 0.5) is 10.1 Å². The van der Waals surface area contributed by atoms with Crippen molar-refractivity contribution in [1.82, 2.24) is 0 Å². The molecule has 5 nitrogen and oxygen atoms in total. The minimum absolute atomic E-state index is 0.174. The molecule has 2 aliphatic rings. The van der Waals surface area contributed by atoms with Gasteiger partial charge in [0.25, 0.3) is 5.91 Å². The number of nitrogens with two attached hydrogens (primary N) is 1. The second kappa shape index (κ2) is 5.91. The Morgan fingerprint density at radius 3 is 2.71 bits per heavy atom. The first-order valence-corrected chi connectivity index (χ1v) is 7.22. The van der Waals surface area contributed by atoms with Gasteiger partial charge in [-0.2, -0.15) is 0 Å². The zero-order valence-corrected chi connectivity index (χ0v) is 11.6. The fraction of sp³-hybridized carbons (Fsp3) is 0.467. The molecular weight excluding hydrogens is 275 g/mol. The van der Waals surface area contributed by atoms with E-state index in [1.807, 2.05) is 5.32 Å². The molecule has 0 unspecified atom stereocenters. The molecule has 6 heteroatoms. The van der Waals surface area contributed by atoms with Crippen molar-refractivity contribution in [3.8, 4) is 0 Å². The highest BCUT2D eigenvalue weighted by atomic mass is 19.1. The van der Waals surface area contributed by atoms with Crippen molar-refractivity contribution in [2.75, 3.05) is 18.1 Å². The molecule has 2 amide bonds. The minimum Gasteiger partial charge on any atom is -0.372 e. The fourth-order valence-electron chi connectivity index (χ4n) is 2.85. The molecule has 0 aromatic heterocycles. The van der Waals surface area contributed by atoms with Crippen molar-refractivity contribution in [2.24, 2.45) is 0 Å². The number of anilines is 1. The van der Waals surface area contributed by atoms with Gasteiger partial charge in [-0.3, -0.25) is 9.59 Å². The van der Waals surface area contributed by atoms with Crippen LogP contribution in [0.2, 0.25) is 0 Å². The molecule has 2 heterocycles. The molecule has 2 aliphatic heterocycles. The highest BCUT2D eigenvalue weighted by Crippen LogP contribution is 2.21. The van der Waals surface area contributed by atoms with Crippen molar-refractivity contribution in [1.29, 1.82) is 0 Å². The SMILES string of the molecule is O=C1C[C@H]([NH2+]C[C@@H]2CCCO2)C(=O)N1c1ccc(F)cc1. The van der Waals surface area contributed by atoms with Crippen LogP contribution in [-0.4, -0.2) is 37.1 Å². The first kappa shape index (κ1) is 14.2. The Balaban J connectivity index is 1.65. The number of ether oxygens (including phenoxy) is 1. The van der Waals surface area contributed by atoms with Crippen LogP contribution in [-0.2, 0) is 14.3 Å². The van der Waals surface area contributed by atoms with Crippen LogP contribution in [0.3, 0.4) is 0 Å². The third kappa shape index (κ3) is 2.96. The average molecular weight is 293 g/mol. The lowest BCUT2D eigenvalue weighted by Gasteiger charge is -2.15. The number of imide groups is 1. The summed E-state index contributed by atoms with van der Waals surface area (Å²) in [4.78, 5) is 25.5. The molecule has 0 aliphatic carbocycles. The van der Waals surface area contributed by atoms with E-state index in [1.165, 1.54) is 24.3 Å². The van der Waals surface area contributed by atoms with Crippen LogP contribution >= 0.6 is 0 Å². The van der Waals surface area contributed by atoms with Crippen LogP contribution in [0.25, 0.3) is 0 Å². The van der Waals surface area contributed by atoms with Gasteiger partial charge in [0.1, 0.15) is 18.5 Å². The zero-order chi connectivity index (χ0) is 14.8. The Morgan fingerprint density at radius 2 is 2.05 bits per heavy atom. The summed E-state index contributed by atoms with van der Waals surface area (Å²) in [5, 5.41) is 1.89. The molecule has 3 rings (SSSR count). The van der Waals surface area contributed by atoms with Crippen molar-refractivity contribution >= 4 is 17.5 Å². The molecule has 2 atom stereocenters. The first-order valence-electron chi connectivity index (χ1n) is 7.22. The summed E-state index contributed by atoms with van der Waals surface area (Å²) in [6, 6.07) is 5.01. The van der Waals surface area contributed by atoms with Gasteiger partial charge in [-0.15, -0.1) is 0 Å². The first-order chi connectivity index (χ1) is 10.1. The quantitative estimate of drug-likeness (QED) is 0.807. The number of carbonyl (C=O) groups excluding carboxylic acids is 2. The Labute approximate surface area is 122 Å². The highest BCUT2D eigenvalue weighted by Gasteiger charge is 2.42. The smallest absolute Gasteiger partial charge is 0.292 e. The third-order valence-electron chi connectivity index (χ3n) is 3.97. The summed E-state index contributed by atoms with van der Waals surface area (Å²) in [6.45, 7) is 1.47. The average Bonchev–Trinajstić information content (AvgIpc) is 3.07. The van der Waals surface area contributed by atoms with Crippen LogP contribution < -0.4 is 10.2 Å². The molecule has 1 aromatic carbocycles. The minimum atomic E-state index is -0.397. The van der Waals surface area contributed by atoms with E-state index in [4.69, 9.17) is 4.74 Å². The predicted molar refractivity (Wildman–Crippen MR) is 73.1 cm³/mol. The van der Waals surface area contributed by atoms with Crippen LogP contribution in [0.15, 0.2) is 24.3 Å².